The van der Waals surface area contributed by atoms with Crippen molar-refractivity contribution >= 4 is 23.5 Å². The lowest BCUT2D eigenvalue weighted by molar-refractivity contribution is 0.476. The smallest absolute Gasteiger partial charge is 0.149 e. The van der Waals surface area contributed by atoms with Crippen LogP contribution in [0.2, 0.25) is 6.82 Å². The first-order valence-corrected chi connectivity index (χ1v) is 4.88. The summed E-state index contributed by atoms with van der Waals surface area (Å²) in [7, 11) is 1.79. The summed E-state index contributed by atoms with van der Waals surface area (Å²) in [6, 6.07) is 6.07. The highest BCUT2D eigenvalue weighted by atomic mass is 19.1. The van der Waals surface area contributed by atoms with Gasteiger partial charge in [-0.3, -0.25) is 0 Å². The molecule has 77 valence electrons. The third kappa shape index (κ3) is 1.53. The molecule has 0 fully saturated rings. The predicted octanol–water partition coefficient (Wildman–Crippen LogP) is 2.04. The van der Waals surface area contributed by atoms with Crippen molar-refractivity contribution in [3.8, 4) is 18.1 Å². The first kappa shape index (κ1) is 10.6. The van der Waals surface area contributed by atoms with Gasteiger partial charge in [-0.2, -0.15) is 0 Å². The molecule has 16 heavy (non-hydrogen) atoms. The lowest BCUT2D eigenvalue weighted by Gasteiger charge is -2.08. The number of hydrogen-bond acceptors (Lipinski definition) is 1. The molecule has 0 aliphatic rings. The highest BCUT2D eigenvalue weighted by molar-refractivity contribution is 6.56. The SMILES string of the molecule is C#Cc1c(F)ccc2cc(O)cc([B]C)c12. The Kier molecular flexibility index (Phi) is 2.58. The fraction of sp³-hybridized carbons (Fsp3) is 0.0769. The van der Waals surface area contributed by atoms with Crippen LogP contribution in [-0.2, 0) is 0 Å². The maximum absolute atomic E-state index is 13.5. The fourth-order valence-corrected chi connectivity index (χ4v) is 1.83. The first-order valence-electron chi connectivity index (χ1n) is 4.88. The van der Waals surface area contributed by atoms with Gasteiger partial charge in [-0.05, 0) is 29.0 Å². The molecule has 0 unspecified atom stereocenters. The minimum Gasteiger partial charge on any atom is -0.508 e. The summed E-state index contributed by atoms with van der Waals surface area (Å²) in [5.74, 6) is 2.09. The molecule has 0 spiro atoms. The van der Waals surface area contributed by atoms with Crippen molar-refractivity contribution in [2.24, 2.45) is 0 Å². The molecule has 2 aromatic carbocycles. The highest BCUT2D eigenvalue weighted by Gasteiger charge is 2.10. The van der Waals surface area contributed by atoms with Crippen LogP contribution in [0, 0.1) is 18.2 Å². The minimum absolute atomic E-state index is 0.148. The summed E-state index contributed by atoms with van der Waals surface area (Å²) in [6.45, 7) is 1.82. The highest BCUT2D eigenvalue weighted by Crippen LogP contribution is 2.23. The van der Waals surface area contributed by atoms with Crippen LogP contribution in [0.4, 0.5) is 4.39 Å². The second-order valence-electron chi connectivity index (χ2n) is 3.49. The van der Waals surface area contributed by atoms with Crippen LogP contribution in [0.3, 0.4) is 0 Å². The maximum atomic E-state index is 13.5. The van der Waals surface area contributed by atoms with E-state index in [4.69, 9.17) is 6.42 Å². The van der Waals surface area contributed by atoms with Gasteiger partial charge >= 0.3 is 0 Å². The standard InChI is InChI=1S/C13H9BFO/c1-3-10-12(15)5-4-8-6-9(16)7-11(14-2)13(8)10/h1,4-7,16H,2H3. The molecule has 0 bridgehead atoms. The second kappa shape index (κ2) is 3.90. The van der Waals surface area contributed by atoms with Gasteiger partial charge in [-0.25, -0.2) is 4.39 Å². The number of hydrogen-bond donors (Lipinski definition) is 1. The molecular weight excluding hydrogens is 202 g/mol. The van der Waals surface area contributed by atoms with Gasteiger partial charge in [0.25, 0.3) is 0 Å². The zero-order valence-electron chi connectivity index (χ0n) is 8.79. The van der Waals surface area contributed by atoms with E-state index in [1.54, 1.807) is 25.5 Å². The van der Waals surface area contributed by atoms with E-state index >= 15 is 0 Å². The summed E-state index contributed by atoms with van der Waals surface area (Å²) < 4.78 is 13.5. The molecule has 0 saturated carbocycles. The Hall–Kier alpha value is -1.95. The van der Waals surface area contributed by atoms with Crippen LogP contribution in [0.15, 0.2) is 24.3 Å². The van der Waals surface area contributed by atoms with Crippen LogP contribution in [0.5, 0.6) is 5.75 Å². The van der Waals surface area contributed by atoms with Crippen LogP contribution in [0.25, 0.3) is 10.8 Å². The number of fused-ring (bicyclic) bond motifs is 1. The van der Waals surface area contributed by atoms with Crippen LogP contribution in [0.1, 0.15) is 5.56 Å². The number of halogens is 1. The quantitative estimate of drug-likeness (QED) is 0.565. The summed E-state index contributed by atoms with van der Waals surface area (Å²) >= 11 is 0. The van der Waals surface area contributed by atoms with Gasteiger partial charge in [0, 0.05) is 0 Å². The lowest BCUT2D eigenvalue weighted by Crippen LogP contribution is -2.13. The molecule has 0 amide bonds. The predicted molar refractivity (Wildman–Crippen MR) is 64.8 cm³/mol. The van der Waals surface area contributed by atoms with Gasteiger partial charge in [-0.15, -0.1) is 6.42 Å². The van der Waals surface area contributed by atoms with Gasteiger partial charge in [0.15, 0.2) is 0 Å². The molecule has 1 nitrogen and oxygen atoms in total. The maximum Gasteiger partial charge on any atom is 0.149 e. The second-order valence-corrected chi connectivity index (χ2v) is 3.49. The van der Waals surface area contributed by atoms with Crippen molar-refractivity contribution < 1.29 is 9.50 Å². The van der Waals surface area contributed by atoms with E-state index < -0.39 is 5.82 Å². The van der Waals surface area contributed by atoms with E-state index in [0.29, 0.717) is 5.39 Å². The number of rotatable bonds is 1. The van der Waals surface area contributed by atoms with E-state index in [9.17, 15) is 9.50 Å². The number of phenolic OH excluding ortho intramolecular Hbond substituents is 1. The third-order valence-electron chi connectivity index (χ3n) is 2.54. The van der Waals surface area contributed by atoms with Gasteiger partial charge < -0.3 is 5.11 Å². The summed E-state index contributed by atoms with van der Waals surface area (Å²) in [6.07, 6.45) is 5.31. The lowest BCUT2D eigenvalue weighted by atomic mass is 9.70. The zero-order chi connectivity index (χ0) is 11.7. The molecule has 0 aromatic heterocycles. The molecule has 2 rings (SSSR count). The zero-order valence-corrected chi connectivity index (χ0v) is 8.79. The molecule has 0 heterocycles. The Bertz CT molecular complexity index is 599. The Labute approximate surface area is 94.2 Å². The van der Waals surface area contributed by atoms with Crippen LogP contribution in [-0.4, -0.2) is 12.4 Å². The van der Waals surface area contributed by atoms with E-state index in [1.807, 2.05) is 6.82 Å². The Morgan fingerprint density at radius 2 is 2.12 bits per heavy atom. The Morgan fingerprint density at radius 3 is 2.75 bits per heavy atom. The average Bonchev–Trinajstić information content (AvgIpc) is 2.28. The van der Waals surface area contributed by atoms with Crippen molar-refractivity contribution in [3.63, 3.8) is 0 Å². The molecule has 0 aliphatic carbocycles. The number of benzene rings is 2. The van der Waals surface area contributed by atoms with Crippen molar-refractivity contribution in [2.75, 3.05) is 0 Å². The minimum atomic E-state index is -0.413. The fourth-order valence-electron chi connectivity index (χ4n) is 1.83. The van der Waals surface area contributed by atoms with Crippen molar-refractivity contribution in [3.05, 3.63) is 35.6 Å². The summed E-state index contributed by atoms with van der Waals surface area (Å²) in [5, 5.41) is 10.9. The first-order chi connectivity index (χ1) is 7.67. The van der Waals surface area contributed by atoms with E-state index in [1.165, 1.54) is 6.07 Å². The van der Waals surface area contributed by atoms with E-state index in [0.717, 1.165) is 10.8 Å². The van der Waals surface area contributed by atoms with Crippen molar-refractivity contribution in [1.82, 2.24) is 0 Å². The van der Waals surface area contributed by atoms with Crippen LogP contribution >= 0.6 is 0 Å². The molecule has 2 aromatic rings. The van der Waals surface area contributed by atoms with Crippen LogP contribution < -0.4 is 5.46 Å². The van der Waals surface area contributed by atoms with Gasteiger partial charge in [0.2, 0.25) is 0 Å². The largest absolute Gasteiger partial charge is 0.508 e. The molecule has 1 radical (unpaired) electrons. The third-order valence-corrected chi connectivity index (χ3v) is 2.54. The topological polar surface area (TPSA) is 20.2 Å². The molecule has 1 N–H and O–H groups in total. The van der Waals surface area contributed by atoms with Gasteiger partial charge in [-0.1, -0.05) is 24.3 Å². The Balaban J connectivity index is 2.97. The van der Waals surface area contributed by atoms with E-state index in [2.05, 4.69) is 5.92 Å². The van der Waals surface area contributed by atoms with Gasteiger partial charge in [0.1, 0.15) is 18.8 Å². The number of phenols is 1. The molecule has 0 atom stereocenters. The normalized spacial score (nSPS) is 10.1. The van der Waals surface area contributed by atoms with E-state index in [-0.39, 0.29) is 11.3 Å². The molecular formula is C13H9BFO. The van der Waals surface area contributed by atoms with Crippen molar-refractivity contribution in [2.45, 2.75) is 6.82 Å². The molecule has 0 saturated heterocycles. The number of terminal acetylenes is 1. The average molecular weight is 211 g/mol. The van der Waals surface area contributed by atoms with Gasteiger partial charge in [0.05, 0.1) is 5.56 Å². The van der Waals surface area contributed by atoms with Crippen molar-refractivity contribution in [1.29, 1.82) is 0 Å². The molecule has 3 heteroatoms. The monoisotopic (exact) mass is 211 g/mol. The Morgan fingerprint density at radius 1 is 1.38 bits per heavy atom. The summed E-state index contributed by atoms with van der Waals surface area (Å²) in [4.78, 5) is 0. The number of aromatic hydroxyl groups is 1. The molecule has 0 aliphatic heterocycles. The summed E-state index contributed by atoms with van der Waals surface area (Å²) in [5.41, 5.74) is 0.980.